The van der Waals surface area contributed by atoms with Crippen LogP contribution in [0.3, 0.4) is 0 Å². The van der Waals surface area contributed by atoms with Crippen molar-refractivity contribution >= 4 is 17.2 Å². The van der Waals surface area contributed by atoms with E-state index in [4.69, 9.17) is 0 Å². The molecule has 0 saturated heterocycles. The molecule has 1 heterocycles. The number of fused-ring (bicyclic) bond motifs is 1. The van der Waals surface area contributed by atoms with Gasteiger partial charge in [0.15, 0.2) is 6.29 Å². The summed E-state index contributed by atoms with van der Waals surface area (Å²) in [6.45, 7) is 2.33. The molecule has 0 N–H and O–H groups in total. The quantitative estimate of drug-likeness (QED) is 0.737. The predicted octanol–water partition coefficient (Wildman–Crippen LogP) is 3.49. The first-order chi connectivity index (χ1) is 7.99. The maximum absolute atomic E-state index is 12.8. The lowest BCUT2D eigenvalue weighted by Gasteiger charge is -2.09. The van der Waals surface area contributed by atoms with Crippen LogP contribution >= 0.6 is 0 Å². The number of aryl methyl sites for hydroxylation is 1. The van der Waals surface area contributed by atoms with Crippen LogP contribution in [-0.4, -0.2) is 10.9 Å². The molecule has 2 aromatic rings. The molecule has 1 aromatic carbocycles. The maximum atomic E-state index is 12.8. The summed E-state index contributed by atoms with van der Waals surface area (Å²) in [5.41, 5.74) is -0.247. The molecule has 0 bridgehead atoms. The third-order valence-electron chi connectivity index (χ3n) is 2.71. The summed E-state index contributed by atoms with van der Waals surface area (Å²) in [6, 6.07) is 3.93. The summed E-state index contributed by atoms with van der Waals surface area (Å²) in [6.07, 6.45) is -2.53. The van der Waals surface area contributed by atoms with Gasteiger partial charge in [-0.1, -0.05) is 6.07 Å². The number of aromatic nitrogens is 1. The topological polar surface area (TPSA) is 22.0 Å². The lowest BCUT2D eigenvalue weighted by atomic mass is 10.1. The largest absolute Gasteiger partial charge is 0.417 e. The Balaban J connectivity index is 2.87. The number of hydrogen-bond acceptors (Lipinski definition) is 1. The van der Waals surface area contributed by atoms with Crippen LogP contribution in [0.2, 0.25) is 0 Å². The zero-order chi connectivity index (χ0) is 12.6. The van der Waals surface area contributed by atoms with Crippen molar-refractivity contribution < 1.29 is 18.0 Å². The Morgan fingerprint density at radius 1 is 1.35 bits per heavy atom. The first kappa shape index (κ1) is 11.7. The van der Waals surface area contributed by atoms with Crippen LogP contribution in [-0.2, 0) is 12.7 Å². The zero-order valence-electron chi connectivity index (χ0n) is 9.08. The highest BCUT2D eigenvalue weighted by molar-refractivity contribution is 5.99. The molecule has 0 aliphatic carbocycles. The van der Waals surface area contributed by atoms with Crippen LogP contribution in [0.5, 0.6) is 0 Å². The van der Waals surface area contributed by atoms with Gasteiger partial charge in [0.25, 0.3) is 0 Å². The zero-order valence-corrected chi connectivity index (χ0v) is 9.08. The molecule has 90 valence electrons. The number of hydrogen-bond donors (Lipinski definition) is 0. The van der Waals surface area contributed by atoms with E-state index < -0.39 is 11.7 Å². The van der Waals surface area contributed by atoms with Crippen molar-refractivity contribution in [1.82, 2.24) is 4.57 Å². The van der Waals surface area contributed by atoms with E-state index in [1.54, 1.807) is 10.6 Å². The Morgan fingerprint density at radius 2 is 2.06 bits per heavy atom. The molecule has 0 atom stereocenters. The van der Waals surface area contributed by atoms with Gasteiger partial charge in [-0.25, -0.2) is 0 Å². The summed E-state index contributed by atoms with van der Waals surface area (Å²) in [4.78, 5) is 10.8. The summed E-state index contributed by atoms with van der Waals surface area (Å²) < 4.78 is 40.1. The molecule has 0 spiro atoms. The van der Waals surface area contributed by atoms with E-state index in [2.05, 4.69) is 0 Å². The highest BCUT2D eigenvalue weighted by atomic mass is 19.4. The van der Waals surface area contributed by atoms with Crippen molar-refractivity contribution in [3.8, 4) is 0 Å². The molecule has 5 heteroatoms. The molecular weight excluding hydrogens is 231 g/mol. The number of aldehydes is 1. The van der Waals surface area contributed by atoms with Crippen molar-refractivity contribution in [2.75, 3.05) is 0 Å². The fourth-order valence-corrected chi connectivity index (χ4v) is 1.97. The first-order valence-corrected chi connectivity index (χ1v) is 5.13. The predicted molar refractivity (Wildman–Crippen MR) is 58.0 cm³/mol. The van der Waals surface area contributed by atoms with Crippen molar-refractivity contribution in [1.29, 1.82) is 0 Å². The molecule has 0 amide bonds. The Hall–Kier alpha value is -1.78. The summed E-state index contributed by atoms with van der Waals surface area (Å²) in [5.74, 6) is 0. The molecule has 0 radical (unpaired) electrons. The molecule has 0 aliphatic rings. The van der Waals surface area contributed by atoms with Gasteiger partial charge in [-0.2, -0.15) is 13.2 Å². The lowest BCUT2D eigenvalue weighted by molar-refractivity contribution is -0.136. The van der Waals surface area contributed by atoms with Gasteiger partial charge >= 0.3 is 6.18 Å². The summed E-state index contributed by atoms with van der Waals surface area (Å²) in [5, 5.41) is -0.0168. The SMILES string of the molecule is CCn1cc(C=O)c2c(C(F)(F)F)cccc21. The molecule has 0 unspecified atom stereocenters. The molecule has 0 aliphatic heterocycles. The van der Waals surface area contributed by atoms with Crippen molar-refractivity contribution in [3.05, 3.63) is 35.5 Å². The van der Waals surface area contributed by atoms with Crippen LogP contribution in [0.15, 0.2) is 24.4 Å². The number of carbonyl (C=O) groups is 1. The fraction of sp³-hybridized carbons (Fsp3) is 0.250. The normalized spacial score (nSPS) is 12.0. The van der Waals surface area contributed by atoms with E-state index in [0.717, 1.165) is 6.07 Å². The second-order valence-electron chi connectivity index (χ2n) is 3.69. The lowest BCUT2D eigenvalue weighted by Crippen LogP contribution is -2.06. The van der Waals surface area contributed by atoms with E-state index in [9.17, 15) is 18.0 Å². The number of rotatable bonds is 2. The Labute approximate surface area is 95.7 Å². The van der Waals surface area contributed by atoms with Gasteiger partial charge in [0.05, 0.1) is 5.56 Å². The average molecular weight is 241 g/mol. The standard InChI is InChI=1S/C12H10F3NO/c1-2-16-6-8(7-17)11-9(12(13,14)15)4-3-5-10(11)16/h3-7H,2H2,1H3. The van der Waals surface area contributed by atoms with E-state index in [1.165, 1.54) is 12.3 Å². The molecule has 17 heavy (non-hydrogen) atoms. The molecular formula is C12H10F3NO. The van der Waals surface area contributed by atoms with Gasteiger partial charge in [-0.3, -0.25) is 4.79 Å². The van der Waals surface area contributed by atoms with Crippen LogP contribution < -0.4 is 0 Å². The van der Waals surface area contributed by atoms with Crippen molar-refractivity contribution in [2.45, 2.75) is 19.6 Å². The Morgan fingerprint density at radius 3 is 2.59 bits per heavy atom. The van der Waals surface area contributed by atoms with Crippen molar-refractivity contribution in [3.63, 3.8) is 0 Å². The first-order valence-electron chi connectivity index (χ1n) is 5.13. The van der Waals surface area contributed by atoms with Crippen LogP contribution in [0.4, 0.5) is 13.2 Å². The third kappa shape index (κ3) is 1.81. The minimum atomic E-state index is -4.45. The number of alkyl halides is 3. The number of halogens is 3. The molecule has 2 nitrogen and oxygen atoms in total. The molecule has 1 aromatic heterocycles. The smallest absolute Gasteiger partial charge is 0.347 e. The van der Waals surface area contributed by atoms with Crippen LogP contribution in [0, 0.1) is 0 Å². The van der Waals surface area contributed by atoms with Gasteiger partial charge < -0.3 is 4.57 Å². The molecule has 0 saturated carbocycles. The molecule has 2 rings (SSSR count). The Bertz CT molecular complexity index is 569. The highest BCUT2D eigenvalue weighted by Gasteiger charge is 2.33. The fourth-order valence-electron chi connectivity index (χ4n) is 1.97. The van der Waals surface area contributed by atoms with Crippen molar-refractivity contribution in [2.24, 2.45) is 0 Å². The molecule has 0 fully saturated rings. The van der Waals surface area contributed by atoms with E-state index >= 15 is 0 Å². The minimum absolute atomic E-state index is 0.0168. The van der Waals surface area contributed by atoms with Crippen LogP contribution in [0.25, 0.3) is 10.9 Å². The second kappa shape index (κ2) is 3.91. The van der Waals surface area contributed by atoms with E-state index in [1.807, 2.05) is 6.92 Å². The van der Waals surface area contributed by atoms with Crippen LogP contribution in [0.1, 0.15) is 22.8 Å². The number of carbonyl (C=O) groups excluding carboxylic acids is 1. The van der Waals surface area contributed by atoms with E-state index in [0.29, 0.717) is 18.3 Å². The summed E-state index contributed by atoms with van der Waals surface area (Å²) >= 11 is 0. The number of benzene rings is 1. The minimum Gasteiger partial charge on any atom is -0.347 e. The summed E-state index contributed by atoms with van der Waals surface area (Å²) in [7, 11) is 0. The van der Waals surface area contributed by atoms with Gasteiger partial charge in [-0.15, -0.1) is 0 Å². The van der Waals surface area contributed by atoms with E-state index in [-0.39, 0.29) is 10.9 Å². The second-order valence-corrected chi connectivity index (χ2v) is 3.69. The monoisotopic (exact) mass is 241 g/mol. The maximum Gasteiger partial charge on any atom is 0.417 e. The number of nitrogens with zero attached hydrogens (tertiary/aromatic N) is 1. The average Bonchev–Trinajstić information content (AvgIpc) is 2.65. The van der Waals surface area contributed by atoms with Gasteiger partial charge in [0.1, 0.15) is 0 Å². The van der Waals surface area contributed by atoms with Gasteiger partial charge in [0.2, 0.25) is 0 Å². The highest BCUT2D eigenvalue weighted by Crippen LogP contribution is 2.36. The third-order valence-corrected chi connectivity index (χ3v) is 2.71. The van der Waals surface area contributed by atoms with Gasteiger partial charge in [-0.05, 0) is 19.1 Å². The Kier molecular flexibility index (Phi) is 2.69. The van der Waals surface area contributed by atoms with Gasteiger partial charge in [0, 0.05) is 29.2 Å².